The molecule has 1 aromatic carbocycles. The highest BCUT2D eigenvalue weighted by molar-refractivity contribution is 5.55. The van der Waals surface area contributed by atoms with Gasteiger partial charge in [0.25, 0.3) is 0 Å². The van der Waals surface area contributed by atoms with E-state index in [9.17, 15) is 9.50 Å². The number of piperidine rings is 1. The van der Waals surface area contributed by atoms with Crippen LogP contribution in [0.2, 0.25) is 0 Å². The summed E-state index contributed by atoms with van der Waals surface area (Å²) in [5.74, 6) is -0.0587. The molecule has 3 rings (SSSR count). The van der Waals surface area contributed by atoms with E-state index in [1.165, 1.54) is 12.5 Å². The van der Waals surface area contributed by atoms with Crippen LogP contribution in [0, 0.1) is 5.82 Å². The lowest BCUT2D eigenvalue weighted by Gasteiger charge is -2.27. The molecule has 2 N–H and O–H groups in total. The molecule has 0 aliphatic carbocycles. The van der Waals surface area contributed by atoms with Gasteiger partial charge < -0.3 is 19.9 Å². The maximum Gasteiger partial charge on any atom is 0.169 e. The third kappa shape index (κ3) is 2.47. The van der Waals surface area contributed by atoms with Gasteiger partial charge in [-0.1, -0.05) is 6.42 Å². The summed E-state index contributed by atoms with van der Waals surface area (Å²) in [5.41, 5.74) is 0.522. The molecule has 1 fully saturated rings. The van der Waals surface area contributed by atoms with E-state index in [-0.39, 0.29) is 11.8 Å². The minimum atomic E-state index is -0.643. The maximum absolute atomic E-state index is 13.7. The number of halogens is 1. The molecular weight excluding hydrogens is 249 g/mol. The zero-order valence-corrected chi connectivity index (χ0v) is 10.7. The summed E-state index contributed by atoms with van der Waals surface area (Å²) in [7, 11) is 0. The molecule has 1 unspecified atom stereocenters. The number of hydrogen-bond donors (Lipinski definition) is 2. The fourth-order valence-electron chi connectivity index (χ4n) is 2.74. The Hall–Kier alpha value is -1.49. The molecule has 1 aromatic rings. The van der Waals surface area contributed by atoms with Crippen molar-refractivity contribution < 1.29 is 19.0 Å². The van der Waals surface area contributed by atoms with Gasteiger partial charge in [-0.15, -0.1) is 0 Å². The molecule has 4 nitrogen and oxygen atoms in total. The van der Waals surface area contributed by atoms with Gasteiger partial charge in [0.05, 0.1) is 0 Å². The van der Waals surface area contributed by atoms with E-state index in [1.54, 1.807) is 0 Å². The van der Waals surface area contributed by atoms with Gasteiger partial charge in [-0.25, -0.2) is 4.39 Å². The molecule has 1 saturated heterocycles. The number of aromatic hydroxyl groups is 1. The van der Waals surface area contributed by atoms with Gasteiger partial charge in [0, 0.05) is 17.7 Å². The van der Waals surface area contributed by atoms with Crippen LogP contribution in [-0.4, -0.2) is 30.9 Å². The molecule has 5 heteroatoms. The Morgan fingerprint density at radius 1 is 1.32 bits per heavy atom. The molecule has 2 aliphatic heterocycles. The molecule has 1 atom stereocenters. The average Bonchev–Trinajstić information content (AvgIpc) is 2.45. The number of phenolic OH excluding ortho intramolecular Hbond substituents is 1. The number of rotatable bonds is 2. The van der Waals surface area contributed by atoms with Crippen molar-refractivity contribution in [2.24, 2.45) is 0 Å². The summed E-state index contributed by atoms with van der Waals surface area (Å²) in [6.07, 6.45) is 3.93. The minimum absolute atomic E-state index is 0.260. The zero-order chi connectivity index (χ0) is 13.2. The van der Waals surface area contributed by atoms with Crippen molar-refractivity contribution in [3.05, 3.63) is 17.4 Å². The van der Waals surface area contributed by atoms with Crippen molar-refractivity contribution in [2.75, 3.05) is 19.8 Å². The van der Waals surface area contributed by atoms with E-state index in [0.29, 0.717) is 36.7 Å². The van der Waals surface area contributed by atoms with Gasteiger partial charge in [-0.2, -0.15) is 0 Å². The second-order valence-corrected chi connectivity index (χ2v) is 5.06. The van der Waals surface area contributed by atoms with Crippen LogP contribution in [0.25, 0.3) is 0 Å². The molecule has 2 heterocycles. The lowest BCUT2D eigenvalue weighted by molar-refractivity contribution is 0.167. The van der Waals surface area contributed by atoms with Crippen molar-refractivity contribution >= 4 is 0 Å². The summed E-state index contributed by atoms with van der Waals surface area (Å²) in [5, 5.41) is 13.3. The summed E-state index contributed by atoms with van der Waals surface area (Å²) in [6.45, 7) is 1.82. The molecule has 0 bridgehead atoms. The van der Waals surface area contributed by atoms with Gasteiger partial charge in [0.2, 0.25) is 0 Å². The molecule has 104 valence electrons. The van der Waals surface area contributed by atoms with E-state index in [4.69, 9.17) is 9.47 Å². The third-order valence-electron chi connectivity index (χ3n) is 3.72. The third-order valence-corrected chi connectivity index (χ3v) is 3.72. The smallest absolute Gasteiger partial charge is 0.169 e. The molecule has 19 heavy (non-hydrogen) atoms. The van der Waals surface area contributed by atoms with Crippen LogP contribution in [-0.2, 0) is 6.42 Å². The Labute approximate surface area is 111 Å². The first kappa shape index (κ1) is 12.5. The summed E-state index contributed by atoms with van der Waals surface area (Å²) >= 11 is 0. The fourth-order valence-corrected chi connectivity index (χ4v) is 2.74. The van der Waals surface area contributed by atoms with Crippen molar-refractivity contribution in [3.63, 3.8) is 0 Å². The van der Waals surface area contributed by atoms with Crippen LogP contribution in [0.1, 0.15) is 24.8 Å². The van der Waals surface area contributed by atoms with Crippen LogP contribution >= 0.6 is 0 Å². The SMILES string of the molecule is Oc1c(F)cc2c(c1CC1CCCCN1)OCCO2. The van der Waals surface area contributed by atoms with Crippen molar-refractivity contribution in [1.29, 1.82) is 0 Å². The van der Waals surface area contributed by atoms with E-state index in [0.717, 1.165) is 19.4 Å². The number of benzene rings is 1. The van der Waals surface area contributed by atoms with Crippen LogP contribution in [0.15, 0.2) is 6.07 Å². The van der Waals surface area contributed by atoms with Crippen LogP contribution in [0.5, 0.6) is 17.2 Å². The standard InChI is InChI=1S/C14H18FNO3/c15-11-8-12-14(19-6-5-18-12)10(13(11)17)7-9-3-1-2-4-16-9/h8-9,16-17H,1-7H2. The zero-order valence-electron chi connectivity index (χ0n) is 10.7. The molecule has 0 saturated carbocycles. The van der Waals surface area contributed by atoms with Crippen molar-refractivity contribution in [2.45, 2.75) is 31.7 Å². The Kier molecular flexibility index (Phi) is 3.46. The first-order valence-electron chi connectivity index (χ1n) is 6.79. The van der Waals surface area contributed by atoms with E-state index in [1.807, 2.05) is 0 Å². The van der Waals surface area contributed by atoms with Crippen LogP contribution in [0.4, 0.5) is 4.39 Å². The minimum Gasteiger partial charge on any atom is -0.505 e. The second-order valence-electron chi connectivity index (χ2n) is 5.06. The number of fused-ring (bicyclic) bond motifs is 1. The predicted octanol–water partition coefficient (Wildman–Crippen LogP) is 1.99. The number of phenols is 1. The lowest BCUT2D eigenvalue weighted by Crippen LogP contribution is -2.35. The first-order chi connectivity index (χ1) is 9.25. The van der Waals surface area contributed by atoms with Gasteiger partial charge >= 0.3 is 0 Å². The molecule has 0 aromatic heterocycles. The van der Waals surface area contributed by atoms with Gasteiger partial charge in [0.15, 0.2) is 23.1 Å². The molecule has 2 aliphatic rings. The monoisotopic (exact) mass is 267 g/mol. The van der Waals surface area contributed by atoms with Crippen molar-refractivity contribution in [1.82, 2.24) is 5.32 Å². The number of ether oxygens (including phenoxy) is 2. The normalized spacial score (nSPS) is 22.3. The first-order valence-corrected chi connectivity index (χ1v) is 6.79. The summed E-state index contributed by atoms with van der Waals surface area (Å²) in [4.78, 5) is 0. The van der Waals surface area contributed by atoms with Crippen LogP contribution < -0.4 is 14.8 Å². The topological polar surface area (TPSA) is 50.7 Å². The van der Waals surface area contributed by atoms with Crippen molar-refractivity contribution in [3.8, 4) is 17.2 Å². The Morgan fingerprint density at radius 2 is 2.16 bits per heavy atom. The van der Waals surface area contributed by atoms with E-state index in [2.05, 4.69) is 5.32 Å². The molecule has 0 radical (unpaired) electrons. The molecule has 0 amide bonds. The Morgan fingerprint density at radius 3 is 2.95 bits per heavy atom. The summed E-state index contributed by atoms with van der Waals surface area (Å²) in [6, 6.07) is 1.46. The Balaban J connectivity index is 1.91. The molecular formula is C14H18FNO3. The molecule has 0 spiro atoms. The quantitative estimate of drug-likeness (QED) is 0.860. The fraction of sp³-hybridized carbons (Fsp3) is 0.571. The average molecular weight is 267 g/mol. The maximum atomic E-state index is 13.7. The predicted molar refractivity (Wildman–Crippen MR) is 68.4 cm³/mol. The highest BCUT2D eigenvalue weighted by atomic mass is 19.1. The van der Waals surface area contributed by atoms with Gasteiger partial charge in [-0.05, 0) is 25.8 Å². The van der Waals surface area contributed by atoms with E-state index >= 15 is 0 Å². The lowest BCUT2D eigenvalue weighted by atomic mass is 9.96. The highest BCUT2D eigenvalue weighted by Crippen LogP contribution is 2.41. The number of hydrogen-bond acceptors (Lipinski definition) is 4. The summed E-state index contributed by atoms with van der Waals surface area (Å²) < 4.78 is 24.7. The van der Waals surface area contributed by atoms with E-state index < -0.39 is 5.82 Å². The van der Waals surface area contributed by atoms with Gasteiger partial charge in [-0.3, -0.25) is 0 Å². The largest absolute Gasteiger partial charge is 0.505 e. The number of nitrogens with one attached hydrogen (secondary N) is 1. The second kappa shape index (κ2) is 5.25. The van der Waals surface area contributed by atoms with Crippen LogP contribution in [0.3, 0.4) is 0 Å². The highest BCUT2D eigenvalue weighted by Gasteiger charge is 2.25. The van der Waals surface area contributed by atoms with Gasteiger partial charge in [0.1, 0.15) is 13.2 Å². The Bertz CT molecular complexity index is 472.